The first-order valence-electron chi connectivity index (χ1n) is 8.55. The topological polar surface area (TPSA) is 97.8 Å². The van der Waals surface area contributed by atoms with Crippen molar-refractivity contribution in [3.05, 3.63) is 58.7 Å². The van der Waals surface area contributed by atoms with Crippen LogP contribution in [-0.2, 0) is 10.0 Å². The van der Waals surface area contributed by atoms with Crippen molar-refractivity contribution in [1.29, 1.82) is 0 Å². The number of nitrogens with zero attached hydrogens (tertiary/aromatic N) is 1. The third-order valence-corrected chi connectivity index (χ3v) is 6.23. The van der Waals surface area contributed by atoms with E-state index < -0.39 is 16.1 Å². The normalized spacial score (nSPS) is 14.4. The molecular formula is C19H17ClN2O5S. The summed E-state index contributed by atoms with van der Waals surface area (Å²) in [6.07, 6.45) is 1.54. The highest BCUT2D eigenvalue weighted by atomic mass is 35.5. The number of nitrogens with one attached hydrogen (secondary N) is 1. The highest BCUT2D eigenvalue weighted by Gasteiger charge is 2.27. The maximum absolute atomic E-state index is 12.4. The van der Waals surface area contributed by atoms with E-state index in [0.717, 1.165) is 0 Å². The zero-order valence-corrected chi connectivity index (χ0v) is 16.4. The first-order chi connectivity index (χ1) is 13.4. The van der Waals surface area contributed by atoms with Gasteiger partial charge in [-0.2, -0.15) is 0 Å². The molecule has 7 nitrogen and oxygen atoms in total. The minimum atomic E-state index is -3.61. The molecule has 0 fully saturated rings. The van der Waals surface area contributed by atoms with Gasteiger partial charge >= 0.3 is 0 Å². The number of fused-ring (bicyclic) bond motifs is 2. The number of aromatic hydroxyl groups is 1. The maximum Gasteiger partial charge on any atom is 0.231 e. The molecule has 1 aromatic heterocycles. The Hall–Kier alpha value is -2.55. The number of phenolic OH excluding ortho intramolecular Hbond substituents is 1. The van der Waals surface area contributed by atoms with Crippen LogP contribution in [0.3, 0.4) is 0 Å². The van der Waals surface area contributed by atoms with Gasteiger partial charge in [0.2, 0.25) is 16.8 Å². The Morgan fingerprint density at radius 2 is 2.04 bits per heavy atom. The Labute approximate surface area is 166 Å². The molecule has 1 aliphatic heterocycles. The lowest BCUT2D eigenvalue weighted by atomic mass is 9.96. The largest absolute Gasteiger partial charge is 0.505 e. The quantitative estimate of drug-likeness (QED) is 0.656. The Morgan fingerprint density at radius 1 is 1.25 bits per heavy atom. The predicted molar refractivity (Wildman–Crippen MR) is 105 cm³/mol. The number of ether oxygens (including phenoxy) is 2. The van der Waals surface area contributed by atoms with Gasteiger partial charge in [-0.05, 0) is 42.8 Å². The molecule has 0 bridgehead atoms. The lowest BCUT2D eigenvalue weighted by molar-refractivity contribution is 0.174. The van der Waals surface area contributed by atoms with Gasteiger partial charge in [0, 0.05) is 17.1 Å². The molecule has 146 valence electrons. The van der Waals surface area contributed by atoms with E-state index >= 15 is 0 Å². The molecule has 3 aromatic rings. The van der Waals surface area contributed by atoms with E-state index in [1.54, 1.807) is 36.4 Å². The average molecular weight is 421 g/mol. The molecule has 4 rings (SSSR count). The minimum absolute atomic E-state index is 0.0983. The number of phenols is 1. The van der Waals surface area contributed by atoms with Crippen molar-refractivity contribution in [1.82, 2.24) is 9.71 Å². The molecule has 1 unspecified atom stereocenters. The molecule has 0 saturated heterocycles. The van der Waals surface area contributed by atoms with Crippen LogP contribution in [0, 0.1) is 0 Å². The molecule has 2 aromatic carbocycles. The Bertz CT molecular complexity index is 1170. The number of pyridine rings is 1. The number of benzene rings is 2. The van der Waals surface area contributed by atoms with Gasteiger partial charge in [0.05, 0.1) is 16.8 Å². The zero-order chi connectivity index (χ0) is 19.9. The lowest BCUT2D eigenvalue weighted by Crippen LogP contribution is -2.30. The van der Waals surface area contributed by atoms with Crippen molar-refractivity contribution < 1.29 is 23.0 Å². The van der Waals surface area contributed by atoms with E-state index in [2.05, 4.69) is 9.71 Å². The van der Waals surface area contributed by atoms with E-state index in [4.69, 9.17) is 21.1 Å². The Balaban J connectivity index is 1.91. The number of halogens is 1. The summed E-state index contributed by atoms with van der Waals surface area (Å²) in [5.41, 5.74) is 1.17. The van der Waals surface area contributed by atoms with Crippen LogP contribution in [0.5, 0.6) is 17.2 Å². The summed E-state index contributed by atoms with van der Waals surface area (Å²) in [6.45, 7) is 1.63. The zero-order valence-electron chi connectivity index (χ0n) is 14.8. The molecule has 2 N–H and O–H groups in total. The van der Waals surface area contributed by atoms with Crippen molar-refractivity contribution in [2.75, 3.05) is 12.5 Å². The van der Waals surface area contributed by atoms with Gasteiger partial charge in [0.1, 0.15) is 11.3 Å². The van der Waals surface area contributed by atoms with Gasteiger partial charge in [-0.15, -0.1) is 0 Å². The summed E-state index contributed by atoms with van der Waals surface area (Å²) in [5.74, 6) is 0.821. The summed E-state index contributed by atoms with van der Waals surface area (Å²) >= 11 is 6.39. The predicted octanol–water partition coefficient (Wildman–Crippen LogP) is 3.35. The van der Waals surface area contributed by atoms with E-state index in [0.29, 0.717) is 38.6 Å². The van der Waals surface area contributed by atoms with Gasteiger partial charge < -0.3 is 14.6 Å². The van der Waals surface area contributed by atoms with Crippen LogP contribution in [0.25, 0.3) is 10.9 Å². The van der Waals surface area contributed by atoms with Crippen LogP contribution in [-0.4, -0.2) is 31.1 Å². The number of rotatable bonds is 5. The molecule has 0 radical (unpaired) electrons. The van der Waals surface area contributed by atoms with Crippen molar-refractivity contribution in [2.45, 2.75) is 13.0 Å². The van der Waals surface area contributed by atoms with Crippen LogP contribution in [0.1, 0.15) is 24.1 Å². The first kappa shape index (κ1) is 18.8. The molecule has 2 heterocycles. The average Bonchev–Trinajstić information content (AvgIpc) is 3.17. The highest BCUT2D eigenvalue weighted by Crippen LogP contribution is 2.41. The molecule has 28 heavy (non-hydrogen) atoms. The van der Waals surface area contributed by atoms with E-state index in [1.165, 1.54) is 13.1 Å². The minimum Gasteiger partial charge on any atom is -0.505 e. The second-order valence-corrected chi connectivity index (χ2v) is 8.71. The fraction of sp³-hybridized carbons (Fsp3) is 0.211. The molecule has 0 saturated carbocycles. The second kappa shape index (κ2) is 7.12. The third-order valence-electron chi connectivity index (χ3n) is 4.56. The number of hydrogen-bond acceptors (Lipinski definition) is 6. The molecule has 1 aliphatic rings. The highest BCUT2D eigenvalue weighted by molar-refractivity contribution is 7.89. The van der Waals surface area contributed by atoms with E-state index in [1.807, 2.05) is 0 Å². The number of hydrogen-bond donors (Lipinski definition) is 2. The summed E-state index contributed by atoms with van der Waals surface area (Å²) in [4.78, 5) is 4.20. The van der Waals surface area contributed by atoms with Crippen molar-refractivity contribution in [3.8, 4) is 17.2 Å². The molecule has 0 amide bonds. The number of aromatic nitrogens is 1. The molecule has 1 atom stereocenters. The van der Waals surface area contributed by atoms with Crippen LogP contribution in [0.2, 0.25) is 5.02 Å². The third kappa shape index (κ3) is 3.34. The number of sulfonamides is 1. The molecule has 9 heteroatoms. The summed E-state index contributed by atoms with van der Waals surface area (Å²) in [5, 5.41) is 11.8. The van der Waals surface area contributed by atoms with Gasteiger partial charge in [0.25, 0.3) is 0 Å². The fourth-order valence-electron chi connectivity index (χ4n) is 3.09. The summed E-state index contributed by atoms with van der Waals surface area (Å²) < 4.78 is 38.1. The smallest absolute Gasteiger partial charge is 0.231 e. The van der Waals surface area contributed by atoms with Crippen molar-refractivity contribution in [3.63, 3.8) is 0 Å². The van der Waals surface area contributed by atoms with Crippen LogP contribution in [0.15, 0.2) is 42.6 Å². The van der Waals surface area contributed by atoms with E-state index in [9.17, 15) is 13.5 Å². The van der Waals surface area contributed by atoms with Gasteiger partial charge in [-0.25, -0.2) is 13.1 Å². The fourth-order valence-corrected chi connectivity index (χ4v) is 4.15. The molecule has 0 spiro atoms. The van der Waals surface area contributed by atoms with Gasteiger partial charge in [-0.3, -0.25) is 4.98 Å². The van der Waals surface area contributed by atoms with Crippen LogP contribution >= 0.6 is 11.6 Å². The van der Waals surface area contributed by atoms with Gasteiger partial charge in [0.15, 0.2) is 11.5 Å². The lowest BCUT2D eigenvalue weighted by Gasteiger charge is -2.22. The summed E-state index contributed by atoms with van der Waals surface area (Å²) in [6, 6.07) is 9.20. The maximum atomic E-state index is 12.4. The molecular weight excluding hydrogens is 404 g/mol. The van der Waals surface area contributed by atoms with Gasteiger partial charge in [-0.1, -0.05) is 17.7 Å². The standard InChI is InChI=1S/C19H17ClN2O5S/c1-2-28(24,25)22-17(11-5-6-15-16(8-11)27-10-26-15)13-9-14(20)12-4-3-7-21-18(12)19(13)23/h3-9,17,22-23H,2,10H2,1H3. The second-order valence-electron chi connectivity index (χ2n) is 6.26. The van der Waals surface area contributed by atoms with Crippen molar-refractivity contribution in [2.24, 2.45) is 0 Å². The monoisotopic (exact) mass is 420 g/mol. The Kier molecular flexibility index (Phi) is 4.78. The van der Waals surface area contributed by atoms with Crippen LogP contribution < -0.4 is 14.2 Å². The SMILES string of the molecule is CCS(=O)(=O)NC(c1ccc2c(c1)OCO2)c1cc(Cl)c2cccnc2c1O. The Morgan fingerprint density at radius 3 is 2.82 bits per heavy atom. The summed E-state index contributed by atoms with van der Waals surface area (Å²) in [7, 11) is -3.61. The van der Waals surface area contributed by atoms with Crippen LogP contribution in [0.4, 0.5) is 0 Å². The first-order valence-corrected chi connectivity index (χ1v) is 10.6. The molecule has 0 aliphatic carbocycles. The van der Waals surface area contributed by atoms with Crippen molar-refractivity contribution >= 4 is 32.5 Å². The van der Waals surface area contributed by atoms with E-state index in [-0.39, 0.29) is 18.3 Å².